The molecule has 6 heterocycles. The van der Waals surface area contributed by atoms with E-state index in [9.17, 15) is 34.1 Å². The topological polar surface area (TPSA) is 361 Å². The molecule has 24 nitrogen and oxygen atoms in total. The number of phosphoric acid groups is 2. The second kappa shape index (κ2) is 12.0. The highest BCUT2D eigenvalue weighted by molar-refractivity contribution is 7.47. The summed E-state index contributed by atoms with van der Waals surface area (Å²) in [4.78, 5) is 63.0. The molecule has 4 aromatic heterocycles. The number of phosphoric ester groups is 2. The molecule has 11 N–H and O–H groups in total. The summed E-state index contributed by atoms with van der Waals surface area (Å²) in [6.45, 7) is -1.71. The summed E-state index contributed by atoms with van der Waals surface area (Å²) in [7, 11) is -10.2. The zero-order valence-electron chi connectivity index (χ0n) is 22.9. The van der Waals surface area contributed by atoms with E-state index in [1.54, 1.807) is 0 Å². The van der Waals surface area contributed by atoms with Gasteiger partial charge in [0, 0.05) is 0 Å². The first-order valence-electron chi connectivity index (χ1n) is 13.0. The Kier molecular flexibility index (Phi) is 8.43. The van der Waals surface area contributed by atoms with Crippen LogP contribution in [-0.4, -0.2) is 119 Å². The van der Waals surface area contributed by atoms with Crippen molar-refractivity contribution in [2.75, 3.05) is 24.7 Å². The smallest absolute Gasteiger partial charge is 0.387 e. The minimum atomic E-state index is -5.19. The Hall–Kier alpha value is -3.48. The molecule has 0 saturated carbocycles. The summed E-state index contributed by atoms with van der Waals surface area (Å²) in [6.07, 6.45) is -9.41. The molecular formula is C20H26N10O14P2. The van der Waals surface area contributed by atoms with Crippen LogP contribution in [0.1, 0.15) is 12.5 Å². The number of nitrogen functional groups attached to an aromatic ring is 2. The number of fused-ring (bicyclic) bond motifs is 2. The molecule has 2 fully saturated rings. The first-order chi connectivity index (χ1) is 21.6. The van der Waals surface area contributed by atoms with Gasteiger partial charge in [-0.2, -0.15) is 4.98 Å². The van der Waals surface area contributed by atoms with Gasteiger partial charge in [-0.15, -0.1) is 0 Å². The fraction of sp³-hybridized carbons (Fsp3) is 0.500. The highest BCUT2D eigenvalue weighted by atomic mass is 31.2. The van der Waals surface area contributed by atoms with E-state index in [4.69, 9.17) is 39.8 Å². The molecule has 4 unspecified atom stereocenters. The number of rotatable bonds is 10. The molecule has 0 amide bonds. The molecule has 0 aliphatic carbocycles. The average molecular weight is 692 g/mol. The molecule has 2 aliphatic heterocycles. The van der Waals surface area contributed by atoms with Gasteiger partial charge in [0.05, 0.1) is 25.9 Å². The lowest BCUT2D eigenvalue weighted by Crippen LogP contribution is -2.36. The first kappa shape index (κ1) is 32.5. The van der Waals surface area contributed by atoms with E-state index in [2.05, 4.69) is 34.4 Å². The minimum Gasteiger partial charge on any atom is -0.387 e. The van der Waals surface area contributed by atoms with Crippen molar-refractivity contribution in [3.05, 3.63) is 29.3 Å². The fourth-order valence-corrected chi connectivity index (χ4v) is 6.27. The van der Waals surface area contributed by atoms with Gasteiger partial charge in [-0.1, -0.05) is 0 Å². The predicted octanol–water partition coefficient (Wildman–Crippen LogP) is -3.39. The van der Waals surface area contributed by atoms with Crippen LogP contribution in [-0.2, 0) is 32.2 Å². The lowest BCUT2D eigenvalue weighted by molar-refractivity contribution is -0.0613. The van der Waals surface area contributed by atoms with E-state index in [-0.39, 0.29) is 34.1 Å². The Bertz CT molecular complexity index is 1910. The largest absolute Gasteiger partial charge is 0.472 e. The third kappa shape index (κ3) is 6.14. The molecule has 0 aromatic carbocycles. The van der Waals surface area contributed by atoms with Crippen LogP contribution in [0.25, 0.3) is 22.3 Å². The van der Waals surface area contributed by atoms with E-state index in [1.807, 2.05) is 0 Å². The van der Waals surface area contributed by atoms with Gasteiger partial charge >= 0.3 is 15.6 Å². The van der Waals surface area contributed by atoms with Crippen molar-refractivity contribution >= 4 is 49.7 Å². The van der Waals surface area contributed by atoms with Crippen molar-refractivity contribution in [3.8, 4) is 0 Å². The number of imidazole rings is 2. The van der Waals surface area contributed by atoms with E-state index in [0.717, 1.165) is 23.5 Å². The van der Waals surface area contributed by atoms with Crippen molar-refractivity contribution in [3.63, 3.8) is 0 Å². The van der Waals surface area contributed by atoms with Crippen molar-refractivity contribution in [2.45, 2.75) is 49.1 Å². The third-order valence-corrected chi connectivity index (χ3v) is 8.57. The lowest BCUT2D eigenvalue weighted by atomic mass is 10.1. The van der Waals surface area contributed by atoms with Gasteiger partial charge < -0.3 is 50.9 Å². The summed E-state index contributed by atoms with van der Waals surface area (Å²) in [5.74, 6) is -0.278. The van der Waals surface area contributed by atoms with Crippen LogP contribution in [0, 0.1) is 0 Å². The Balaban J connectivity index is 1.20. The Morgan fingerprint density at radius 2 is 1.48 bits per heavy atom. The van der Waals surface area contributed by atoms with Gasteiger partial charge in [-0.3, -0.25) is 32.5 Å². The molecule has 46 heavy (non-hydrogen) atoms. The molecule has 26 heteroatoms. The van der Waals surface area contributed by atoms with Gasteiger partial charge in [0.25, 0.3) is 5.56 Å². The molecule has 6 rings (SSSR count). The van der Waals surface area contributed by atoms with Gasteiger partial charge in [-0.25, -0.2) is 29.1 Å². The number of aromatic amines is 1. The number of nitrogens with one attached hydrogen (secondary N) is 1. The highest BCUT2D eigenvalue weighted by Gasteiger charge is 2.51. The van der Waals surface area contributed by atoms with Crippen LogP contribution in [0.3, 0.4) is 0 Å². The number of hydrogen-bond acceptors (Lipinski definition) is 18. The zero-order chi connectivity index (χ0) is 33.1. The predicted molar refractivity (Wildman–Crippen MR) is 147 cm³/mol. The molecule has 2 aliphatic rings. The van der Waals surface area contributed by atoms with E-state index in [0.29, 0.717) is 0 Å². The van der Waals surface area contributed by atoms with Gasteiger partial charge in [0.2, 0.25) is 5.95 Å². The van der Waals surface area contributed by atoms with E-state index >= 15 is 0 Å². The highest BCUT2D eigenvalue weighted by Crippen LogP contribution is 2.50. The fourth-order valence-electron chi connectivity index (χ4n) is 5.00. The normalized spacial score (nSPS) is 30.0. The van der Waals surface area contributed by atoms with Gasteiger partial charge in [0.1, 0.15) is 48.5 Å². The SMILES string of the molecule is Nc1nc2c(ncn2[C@@H]2O[C@H](COP(=O)(O)OC3[C@@H](O)[C@@H](COP(=O)(O)O)O[C@H]3n3cnc4c(N)ncnc43)C(O)C2O)c(=O)[nH]1. The zero-order valence-corrected chi connectivity index (χ0v) is 24.7. The van der Waals surface area contributed by atoms with Crippen molar-refractivity contribution in [2.24, 2.45) is 0 Å². The van der Waals surface area contributed by atoms with Crippen LogP contribution in [0.5, 0.6) is 0 Å². The second-order valence-electron chi connectivity index (χ2n) is 10.1. The maximum absolute atomic E-state index is 13.1. The summed E-state index contributed by atoms with van der Waals surface area (Å²) in [5.41, 5.74) is 10.7. The van der Waals surface area contributed by atoms with Crippen molar-refractivity contribution in [1.82, 2.24) is 39.0 Å². The minimum absolute atomic E-state index is 0.0253. The number of H-pyrrole nitrogens is 1. The summed E-state index contributed by atoms with van der Waals surface area (Å²) in [6, 6.07) is 0. The maximum atomic E-state index is 13.1. The van der Waals surface area contributed by atoms with Crippen LogP contribution in [0.15, 0.2) is 23.8 Å². The number of aromatic nitrogens is 8. The Labute approximate surface area is 254 Å². The number of hydrogen-bond donors (Lipinski definition) is 9. The second-order valence-corrected chi connectivity index (χ2v) is 12.7. The first-order valence-corrected chi connectivity index (χ1v) is 16.0. The van der Waals surface area contributed by atoms with Crippen molar-refractivity contribution < 1.29 is 62.2 Å². The monoisotopic (exact) mass is 692 g/mol. The van der Waals surface area contributed by atoms with Crippen LogP contribution < -0.4 is 17.0 Å². The standard InChI is InChI=1S/C20H26N10O14P2/c21-14-8-15(24-3-23-14)29(4-25-8)19-13(11(32)7(43-19)1-40-45(35,36)37)44-46(38,39)41-2-6-10(31)12(33)18(42-6)30-5-26-9-16(30)27-20(22)28-17(9)34/h3-7,10-13,18-19,31-33H,1-2H2,(H,38,39)(H2,21,23,24)(H2,35,36,37)(H3,22,27,28,34)/t6-,7-,10?,11+,12?,13?,18-,19-/m1/s1. The number of aliphatic hydroxyl groups excluding tert-OH is 3. The molecule has 4 aromatic rings. The summed E-state index contributed by atoms with van der Waals surface area (Å²) >= 11 is 0. The molecule has 0 spiro atoms. The molecule has 2 saturated heterocycles. The average Bonchev–Trinajstić information content (AvgIpc) is 3.73. The summed E-state index contributed by atoms with van der Waals surface area (Å²) < 4.78 is 52.7. The molecule has 9 atom stereocenters. The maximum Gasteiger partial charge on any atom is 0.472 e. The number of nitrogens with two attached hydrogens (primary N) is 2. The third-order valence-electron chi connectivity index (χ3n) is 7.10. The lowest BCUT2D eigenvalue weighted by Gasteiger charge is -2.25. The Morgan fingerprint density at radius 1 is 0.848 bits per heavy atom. The number of ether oxygens (including phenoxy) is 2. The number of nitrogens with zero attached hydrogens (tertiary/aromatic N) is 7. The molecule has 0 bridgehead atoms. The van der Waals surface area contributed by atoms with Gasteiger partial charge in [-0.05, 0) is 0 Å². The van der Waals surface area contributed by atoms with Crippen LogP contribution in [0.4, 0.5) is 11.8 Å². The van der Waals surface area contributed by atoms with Gasteiger partial charge in [0.15, 0.2) is 35.1 Å². The van der Waals surface area contributed by atoms with Crippen molar-refractivity contribution in [1.29, 1.82) is 0 Å². The molecular weight excluding hydrogens is 666 g/mol. The summed E-state index contributed by atoms with van der Waals surface area (Å²) in [5, 5.41) is 32.2. The molecule has 0 radical (unpaired) electrons. The van der Waals surface area contributed by atoms with E-state index < -0.39 is 83.5 Å². The Morgan fingerprint density at radius 3 is 2.20 bits per heavy atom. The molecule has 250 valence electrons. The quantitative estimate of drug-likeness (QED) is 0.0731. The van der Waals surface area contributed by atoms with Crippen LogP contribution >= 0.6 is 15.6 Å². The van der Waals surface area contributed by atoms with Crippen LogP contribution in [0.2, 0.25) is 0 Å². The van der Waals surface area contributed by atoms with E-state index in [1.165, 1.54) is 4.57 Å². The number of aliphatic hydroxyl groups is 3. The number of anilines is 2.